The number of methoxy groups -OCH3 is 1. The van der Waals surface area contributed by atoms with Crippen molar-refractivity contribution in [3.8, 4) is 11.5 Å². The summed E-state index contributed by atoms with van der Waals surface area (Å²) in [5.41, 5.74) is 1.25. The van der Waals surface area contributed by atoms with E-state index in [1.165, 1.54) is 31.4 Å². The van der Waals surface area contributed by atoms with Crippen molar-refractivity contribution in [2.75, 3.05) is 24.3 Å². The maximum absolute atomic E-state index is 14.0. The third-order valence-electron chi connectivity index (χ3n) is 5.02. The molecule has 0 radical (unpaired) electrons. The molecule has 184 valence electrons. The van der Waals surface area contributed by atoms with Crippen molar-refractivity contribution < 1.29 is 23.8 Å². The number of halogens is 5. The third kappa shape index (κ3) is 7.05. The molecule has 35 heavy (non-hydrogen) atoms. The van der Waals surface area contributed by atoms with Crippen LogP contribution in [0.25, 0.3) is 0 Å². The number of anilines is 2. The van der Waals surface area contributed by atoms with Gasteiger partial charge in [0.2, 0.25) is 5.91 Å². The molecule has 3 rings (SSSR count). The summed E-state index contributed by atoms with van der Waals surface area (Å²) in [6.07, 6.45) is 0.0885. The fraction of sp³-hybridized carbons (Fsp3) is 0.167. The fourth-order valence-corrected chi connectivity index (χ4v) is 6.08. The lowest BCUT2D eigenvalue weighted by Gasteiger charge is -2.18. The van der Waals surface area contributed by atoms with Crippen LogP contribution in [0.1, 0.15) is 5.56 Å². The second kappa shape index (κ2) is 12.3. The van der Waals surface area contributed by atoms with Gasteiger partial charge in [-0.3, -0.25) is 9.59 Å². The molecule has 1 unspecified atom stereocenters. The fourth-order valence-electron chi connectivity index (χ4n) is 3.29. The number of rotatable bonds is 9. The number of carbonyl (C=O) groups is 2. The molecular formula is C24H19Br4FN2O4. The van der Waals surface area contributed by atoms with Crippen LogP contribution in [0.2, 0.25) is 0 Å². The molecule has 0 bridgehead atoms. The lowest BCUT2D eigenvalue weighted by atomic mass is 9.93. The first-order chi connectivity index (χ1) is 16.6. The van der Waals surface area contributed by atoms with Crippen molar-refractivity contribution in [3.63, 3.8) is 0 Å². The quantitative estimate of drug-likeness (QED) is 0.162. The Kier molecular flexibility index (Phi) is 9.74. The van der Waals surface area contributed by atoms with Gasteiger partial charge >= 0.3 is 0 Å². The van der Waals surface area contributed by atoms with Crippen molar-refractivity contribution in [2.45, 2.75) is 6.42 Å². The van der Waals surface area contributed by atoms with Crippen LogP contribution in [0.5, 0.6) is 11.5 Å². The Bertz CT molecular complexity index is 1230. The maximum Gasteiger partial charge on any atom is 0.235 e. The molecule has 0 saturated heterocycles. The van der Waals surface area contributed by atoms with Gasteiger partial charge in [0.25, 0.3) is 0 Å². The second-order valence-electron chi connectivity index (χ2n) is 7.43. The summed E-state index contributed by atoms with van der Waals surface area (Å²) in [6.45, 7) is -0.250. The van der Waals surface area contributed by atoms with Crippen molar-refractivity contribution in [1.29, 1.82) is 0 Å². The minimum Gasteiger partial charge on any atom is -0.506 e. The smallest absolute Gasteiger partial charge is 0.235 e. The molecule has 3 aromatic rings. The van der Waals surface area contributed by atoms with Crippen LogP contribution in [0.15, 0.2) is 66.4 Å². The van der Waals surface area contributed by atoms with Gasteiger partial charge in [-0.15, -0.1) is 0 Å². The highest BCUT2D eigenvalue weighted by molar-refractivity contribution is 9.11. The van der Waals surface area contributed by atoms with Crippen molar-refractivity contribution in [2.24, 2.45) is 5.92 Å². The second-order valence-corrected chi connectivity index (χ2v) is 10.8. The van der Waals surface area contributed by atoms with Crippen molar-refractivity contribution in [1.82, 2.24) is 0 Å². The summed E-state index contributed by atoms with van der Waals surface area (Å²) in [5, 5.41) is 15.4. The average molecular weight is 738 g/mol. The van der Waals surface area contributed by atoms with Crippen LogP contribution in [0, 0.1) is 11.7 Å². The number of para-hydroxylation sites is 1. The molecule has 0 aliphatic rings. The van der Waals surface area contributed by atoms with Gasteiger partial charge in [-0.1, -0.05) is 12.1 Å². The molecule has 0 aromatic heterocycles. The van der Waals surface area contributed by atoms with E-state index in [2.05, 4.69) is 74.4 Å². The van der Waals surface area contributed by atoms with Crippen LogP contribution >= 0.6 is 63.7 Å². The molecule has 0 aliphatic carbocycles. The SMILES string of the molecule is COc1c(Br)cc(CC(C(=O)CNc2ccccc2F)C(=O)Nc2cc(Br)c(O)c(Br)c2)cc1Br. The van der Waals surface area contributed by atoms with Gasteiger partial charge in [0, 0.05) is 5.69 Å². The van der Waals surface area contributed by atoms with Gasteiger partial charge < -0.3 is 20.5 Å². The predicted octanol–water partition coefficient (Wildman–Crippen LogP) is 7.07. The number of nitrogens with one attached hydrogen (secondary N) is 2. The normalized spacial score (nSPS) is 11.6. The van der Waals surface area contributed by atoms with Crippen LogP contribution in [-0.4, -0.2) is 30.5 Å². The Morgan fingerprint density at radius 2 is 1.60 bits per heavy atom. The van der Waals surface area contributed by atoms with Crippen molar-refractivity contribution in [3.05, 3.63) is 77.8 Å². The van der Waals surface area contributed by atoms with E-state index in [0.717, 1.165) is 0 Å². The first-order valence-corrected chi connectivity index (χ1v) is 13.3. The predicted molar refractivity (Wildman–Crippen MR) is 148 cm³/mol. The van der Waals surface area contributed by atoms with Gasteiger partial charge in [-0.2, -0.15) is 0 Å². The highest BCUT2D eigenvalue weighted by Gasteiger charge is 2.28. The van der Waals surface area contributed by atoms with E-state index in [-0.39, 0.29) is 24.4 Å². The first-order valence-electron chi connectivity index (χ1n) is 10.1. The molecule has 6 nitrogen and oxygen atoms in total. The highest BCUT2D eigenvalue weighted by Crippen LogP contribution is 2.36. The van der Waals surface area contributed by atoms with Gasteiger partial charge in [-0.25, -0.2) is 4.39 Å². The summed E-state index contributed by atoms with van der Waals surface area (Å²) >= 11 is 13.3. The standard InChI is InChI=1S/C24H19Br4FN2O4/c1-35-23-17(27)7-12(8-18(23)28)6-14(21(32)11-30-20-5-3-2-4-19(20)29)24(34)31-13-9-15(25)22(33)16(26)10-13/h2-5,7-10,14,30,33H,6,11H2,1H3,(H,31,34). The number of phenolic OH excluding ortho intramolecular Hbond substituents is 1. The molecule has 1 atom stereocenters. The Balaban J connectivity index is 1.87. The topological polar surface area (TPSA) is 87.7 Å². The Morgan fingerprint density at radius 3 is 2.17 bits per heavy atom. The summed E-state index contributed by atoms with van der Waals surface area (Å²) < 4.78 is 21.4. The van der Waals surface area contributed by atoms with E-state index < -0.39 is 23.4 Å². The summed E-state index contributed by atoms with van der Waals surface area (Å²) in [7, 11) is 1.53. The van der Waals surface area contributed by atoms with E-state index in [9.17, 15) is 19.1 Å². The number of Topliss-reactive ketones (excluding diaryl/α,β-unsaturated/α-hetero) is 1. The number of phenols is 1. The minimum absolute atomic E-state index is 0.0161. The molecule has 0 heterocycles. The number of ether oxygens (including phenoxy) is 1. The Hall–Kier alpha value is -1.95. The number of ketones is 1. The number of hydrogen-bond donors (Lipinski definition) is 3. The lowest BCUT2D eigenvalue weighted by Crippen LogP contribution is -2.35. The molecule has 11 heteroatoms. The number of benzene rings is 3. The number of carbonyl (C=O) groups excluding carboxylic acids is 2. The number of aromatic hydroxyl groups is 1. The average Bonchev–Trinajstić information content (AvgIpc) is 2.80. The zero-order chi connectivity index (χ0) is 25.7. The monoisotopic (exact) mass is 734 g/mol. The van der Waals surface area contributed by atoms with E-state index in [1.807, 2.05) is 0 Å². The summed E-state index contributed by atoms with van der Waals surface area (Å²) in [6, 6.07) is 12.6. The van der Waals surface area contributed by atoms with Gasteiger partial charge in [0.15, 0.2) is 5.78 Å². The van der Waals surface area contributed by atoms with Crippen LogP contribution in [0.3, 0.4) is 0 Å². The molecule has 1 amide bonds. The Labute approximate surface area is 235 Å². The van der Waals surface area contributed by atoms with Crippen LogP contribution < -0.4 is 15.4 Å². The van der Waals surface area contributed by atoms with E-state index in [1.54, 1.807) is 24.3 Å². The van der Waals surface area contributed by atoms with E-state index in [0.29, 0.717) is 34.9 Å². The zero-order valence-corrected chi connectivity index (χ0v) is 24.5. The molecule has 3 aromatic carbocycles. The largest absolute Gasteiger partial charge is 0.506 e. The van der Waals surface area contributed by atoms with Crippen LogP contribution in [0.4, 0.5) is 15.8 Å². The highest BCUT2D eigenvalue weighted by atomic mass is 79.9. The van der Waals surface area contributed by atoms with Gasteiger partial charge in [0.1, 0.15) is 23.2 Å². The Morgan fingerprint density at radius 1 is 1.00 bits per heavy atom. The van der Waals surface area contributed by atoms with Crippen molar-refractivity contribution >= 4 is 86.8 Å². The molecule has 0 aliphatic heterocycles. The number of amides is 1. The summed E-state index contributed by atoms with van der Waals surface area (Å²) in [4.78, 5) is 26.5. The van der Waals surface area contributed by atoms with E-state index >= 15 is 0 Å². The van der Waals surface area contributed by atoms with Crippen LogP contribution in [-0.2, 0) is 16.0 Å². The molecule has 0 spiro atoms. The number of hydrogen-bond acceptors (Lipinski definition) is 5. The third-order valence-corrected chi connectivity index (χ3v) is 7.41. The molecule has 0 saturated carbocycles. The lowest BCUT2D eigenvalue weighted by molar-refractivity contribution is -0.130. The molecular weight excluding hydrogens is 719 g/mol. The van der Waals surface area contributed by atoms with Gasteiger partial charge in [0.05, 0.1) is 37.2 Å². The first kappa shape index (κ1) is 27.6. The zero-order valence-electron chi connectivity index (χ0n) is 18.2. The molecule has 0 fully saturated rings. The summed E-state index contributed by atoms with van der Waals surface area (Å²) in [5.74, 6) is -1.99. The van der Waals surface area contributed by atoms with Gasteiger partial charge in [-0.05, 0) is 112 Å². The minimum atomic E-state index is -1.09. The molecule has 3 N–H and O–H groups in total. The maximum atomic E-state index is 14.0. The van der Waals surface area contributed by atoms with E-state index in [4.69, 9.17) is 4.74 Å².